The van der Waals surface area contributed by atoms with Crippen LogP contribution in [0.4, 0.5) is 10.1 Å². The second-order valence-electron chi connectivity index (χ2n) is 12.1. The van der Waals surface area contributed by atoms with Gasteiger partial charge in [-0.05, 0) is 76.4 Å². The number of esters is 1. The number of halogens is 1. The molecule has 6 rings (SSSR count). The fourth-order valence-electron chi connectivity index (χ4n) is 6.54. The fourth-order valence-corrected chi connectivity index (χ4v) is 6.54. The number of likely N-dealkylation sites (N-methyl/N-ethyl adjacent to an activating group) is 1. The highest BCUT2D eigenvalue weighted by molar-refractivity contribution is 5.99. The summed E-state index contributed by atoms with van der Waals surface area (Å²) in [7, 11) is 3.81. The van der Waals surface area contributed by atoms with Gasteiger partial charge in [-0.25, -0.2) is 14.0 Å². The molecule has 45 heavy (non-hydrogen) atoms. The number of fused-ring (bicyclic) bond motifs is 3. The predicted molar refractivity (Wildman–Crippen MR) is 167 cm³/mol. The summed E-state index contributed by atoms with van der Waals surface area (Å²) in [5.74, 6) is -2.44. The van der Waals surface area contributed by atoms with Gasteiger partial charge in [-0.1, -0.05) is 0 Å². The molecule has 11 heteroatoms. The molecule has 2 fully saturated rings. The molecule has 1 amide bonds. The van der Waals surface area contributed by atoms with Crippen molar-refractivity contribution < 1.29 is 32.6 Å². The number of ether oxygens (including phenoxy) is 3. The molecule has 3 aromatic rings. The third-order valence-electron chi connectivity index (χ3n) is 9.41. The monoisotopic (exact) mass is 621 g/mol. The van der Waals surface area contributed by atoms with E-state index in [1.807, 2.05) is 13.0 Å². The number of nitrogens with zero attached hydrogens (tertiary/aromatic N) is 3. The number of hydrogen-bond acceptors (Lipinski definition) is 9. The zero-order valence-electron chi connectivity index (χ0n) is 26.3. The average molecular weight is 622 g/mol. The summed E-state index contributed by atoms with van der Waals surface area (Å²) in [4.78, 5) is 45.6. The summed E-state index contributed by atoms with van der Waals surface area (Å²) in [5.41, 5.74) is 2.95. The Morgan fingerprint density at radius 1 is 1.07 bits per heavy atom. The van der Waals surface area contributed by atoms with E-state index in [0.29, 0.717) is 30.7 Å². The zero-order valence-corrected chi connectivity index (χ0v) is 26.3. The Kier molecular flexibility index (Phi) is 8.83. The number of benzene rings is 2. The van der Waals surface area contributed by atoms with Gasteiger partial charge in [0.25, 0.3) is 5.91 Å². The van der Waals surface area contributed by atoms with Crippen LogP contribution in [0.15, 0.2) is 33.5 Å². The zero-order chi connectivity index (χ0) is 31.8. The molecule has 0 radical (unpaired) electrons. The third-order valence-corrected chi connectivity index (χ3v) is 9.41. The van der Waals surface area contributed by atoms with Gasteiger partial charge < -0.3 is 28.4 Å². The number of methoxy groups -OCH3 is 1. The molecule has 2 aliphatic heterocycles. The van der Waals surface area contributed by atoms with E-state index in [2.05, 4.69) is 22.9 Å². The van der Waals surface area contributed by atoms with Gasteiger partial charge in [0.1, 0.15) is 11.1 Å². The van der Waals surface area contributed by atoms with Gasteiger partial charge >= 0.3 is 11.6 Å². The molecular formula is C34H40FN3O7. The minimum absolute atomic E-state index is 0.0116. The maximum atomic E-state index is 15.9. The molecule has 0 unspecified atom stereocenters. The van der Waals surface area contributed by atoms with Crippen molar-refractivity contribution in [2.45, 2.75) is 58.2 Å². The summed E-state index contributed by atoms with van der Waals surface area (Å²) in [6.45, 7) is 7.21. The van der Waals surface area contributed by atoms with Crippen LogP contribution in [0.3, 0.4) is 0 Å². The average Bonchev–Trinajstić information content (AvgIpc) is 3.01. The standard InChI is InChI=1S/C34H40FN3O7/c1-5-43-33(40)26-10-9-25(29(35)31(26)44-22-7-6-8-22)32(39)38-14-13-23-24-11-12-28(20(2)30(24)45-34(41)27(23)18-38)37-16-15-36(3)21(17-37)19-42-4/h9-12,21-22H,5-8,13-19H2,1-4H3/t21-/m1/s1. The molecular weight excluding hydrogens is 581 g/mol. The van der Waals surface area contributed by atoms with Crippen LogP contribution in [-0.4, -0.2) is 87.4 Å². The number of piperazine rings is 1. The molecule has 1 atom stereocenters. The number of rotatable bonds is 8. The lowest BCUT2D eigenvalue weighted by Gasteiger charge is -2.41. The van der Waals surface area contributed by atoms with Crippen LogP contribution in [0.5, 0.6) is 5.75 Å². The lowest BCUT2D eigenvalue weighted by atomic mass is 9.94. The highest BCUT2D eigenvalue weighted by Crippen LogP contribution is 2.35. The Hall–Kier alpha value is -3.96. The second kappa shape index (κ2) is 12.8. The van der Waals surface area contributed by atoms with Crippen LogP contribution in [0.1, 0.15) is 63.6 Å². The Labute approximate surface area is 261 Å². The number of carbonyl (C=O) groups excluding carboxylic acids is 2. The number of carbonyl (C=O) groups is 2. The largest absolute Gasteiger partial charge is 0.486 e. The van der Waals surface area contributed by atoms with E-state index in [4.69, 9.17) is 18.6 Å². The van der Waals surface area contributed by atoms with Gasteiger partial charge in [0, 0.05) is 49.9 Å². The van der Waals surface area contributed by atoms with Crippen molar-refractivity contribution in [3.63, 3.8) is 0 Å². The van der Waals surface area contributed by atoms with E-state index in [1.165, 1.54) is 17.0 Å². The predicted octanol–water partition coefficient (Wildman–Crippen LogP) is 4.31. The number of amides is 1. The van der Waals surface area contributed by atoms with Gasteiger partial charge in [0.05, 0.1) is 43.0 Å². The molecule has 0 bridgehead atoms. The van der Waals surface area contributed by atoms with Crippen LogP contribution < -0.4 is 15.3 Å². The quantitative estimate of drug-likeness (QED) is 0.269. The van der Waals surface area contributed by atoms with Gasteiger partial charge in [-0.2, -0.15) is 0 Å². The van der Waals surface area contributed by atoms with Crippen molar-refractivity contribution in [2.24, 2.45) is 0 Å². The summed E-state index contributed by atoms with van der Waals surface area (Å²) in [6.07, 6.45) is 2.65. The molecule has 240 valence electrons. The second-order valence-corrected chi connectivity index (χ2v) is 12.1. The van der Waals surface area contributed by atoms with Crippen LogP contribution in [-0.2, 0) is 22.4 Å². The van der Waals surface area contributed by atoms with E-state index in [-0.39, 0.29) is 42.2 Å². The van der Waals surface area contributed by atoms with Crippen LogP contribution in [0.25, 0.3) is 11.0 Å². The lowest BCUT2D eigenvalue weighted by molar-refractivity contribution is 0.0507. The maximum Gasteiger partial charge on any atom is 0.342 e. The van der Waals surface area contributed by atoms with Crippen LogP contribution in [0.2, 0.25) is 0 Å². The fraction of sp³-hybridized carbons (Fsp3) is 0.500. The molecule has 10 nitrogen and oxygen atoms in total. The van der Waals surface area contributed by atoms with Crippen molar-refractivity contribution in [1.82, 2.24) is 9.80 Å². The first-order valence-corrected chi connectivity index (χ1v) is 15.7. The Balaban J connectivity index is 1.28. The molecule has 0 N–H and O–H groups in total. The molecule has 3 heterocycles. The lowest BCUT2D eigenvalue weighted by Crippen LogP contribution is -2.53. The number of aryl methyl sites for hydroxylation is 1. The van der Waals surface area contributed by atoms with Crippen molar-refractivity contribution in [3.8, 4) is 5.75 Å². The highest BCUT2D eigenvalue weighted by atomic mass is 19.1. The van der Waals surface area contributed by atoms with E-state index in [1.54, 1.807) is 14.0 Å². The van der Waals surface area contributed by atoms with Gasteiger partial charge in [0.2, 0.25) is 0 Å². The first kappa shape index (κ1) is 31.0. The molecule has 1 saturated carbocycles. The summed E-state index contributed by atoms with van der Waals surface area (Å²) in [5, 5.41) is 0.849. The van der Waals surface area contributed by atoms with Gasteiger partial charge in [-0.3, -0.25) is 9.69 Å². The molecule has 3 aliphatic rings. The van der Waals surface area contributed by atoms with E-state index in [0.717, 1.165) is 61.1 Å². The maximum absolute atomic E-state index is 15.9. The topological polar surface area (TPSA) is 102 Å². The molecule has 1 saturated heterocycles. The number of hydrogen-bond donors (Lipinski definition) is 0. The molecule has 0 spiro atoms. The van der Waals surface area contributed by atoms with Crippen LogP contribution in [0, 0.1) is 12.7 Å². The Morgan fingerprint density at radius 2 is 1.84 bits per heavy atom. The third kappa shape index (κ3) is 5.79. The van der Waals surface area contributed by atoms with E-state index < -0.39 is 23.3 Å². The first-order chi connectivity index (χ1) is 21.7. The summed E-state index contributed by atoms with van der Waals surface area (Å²) < 4.78 is 38.2. The van der Waals surface area contributed by atoms with Gasteiger partial charge in [-0.15, -0.1) is 0 Å². The SMILES string of the molecule is CCOC(=O)c1ccc(C(=O)N2CCc3c(c(=O)oc4c(C)c(N5CCN(C)[C@@H](COC)C5)ccc34)C2)c(F)c1OC1CCC1. The minimum Gasteiger partial charge on any atom is -0.486 e. The van der Waals surface area contributed by atoms with Crippen molar-refractivity contribution in [3.05, 3.63) is 68.3 Å². The minimum atomic E-state index is -0.895. The van der Waals surface area contributed by atoms with Crippen molar-refractivity contribution >= 4 is 28.5 Å². The smallest absolute Gasteiger partial charge is 0.342 e. The molecule has 1 aliphatic carbocycles. The van der Waals surface area contributed by atoms with E-state index >= 15 is 4.39 Å². The summed E-state index contributed by atoms with van der Waals surface area (Å²) >= 11 is 0. The first-order valence-electron chi connectivity index (χ1n) is 15.7. The van der Waals surface area contributed by atoms with Crippen molar-refractivity contribution in [1.29, 1.82) is 0 Å². The molecule has 2 aromatic carbocycles. The Morgan fingerprint density at radius 3 is 2.56 bits per heavy atom. The summed E-state index contributed by atoms with van der Waals surface area (Å²) in [6, 6.07) is 6.99. The van der Waals surface area contributed by atoms with Crippen LogP contribution >= 0.6 is 0 Å². The normalized spacial score (nSPS) is 18.9. The van der Waals surface area contributed by atoms with Gasteiger partial charge in [0.15, 0.2) is 11.6 Å². The van der Waals surface area contributed by atoms with Crippen molar-refractivity contribution in [2.75, 3.05) is 58.5 Å². The number of anilines is 1. The highest BCUT2D eigenvalue weighted by Gasteiger charge is 2.33. The van der Waals surface area contributed by atoms with E-state index in [9.17, 15) is 14.4 Å². The Bertz CT molecular complexity index is 1680. The molecule has 1 aromatic heterocycles.